The van der Waals surface area contributed by atoms with Gasteiger partial charge < -0.3 is 25.2 Å². The number of hydrogen-bond donors (Lipinski definition) is 5. The van der Waals surface area contributed by atoms with Crippen molar-refractivity contribution in [3.63, 3.8) is 0 Å². The molecular formula is C6H13NaO9S. The number of rotatable bonds is 3. The van der Waals surface area contributed by atoms with Crippen LogP contribution in [0.25, 0.3) is 0 Å². The molecule has 0 aromatic rings. The van der Waals surface area contributed by atoms with Crippen LogP contribution in [0.15, 0.2) is 0 Å². The first-order valence-corrected chi connectivity index (χ1v) is 5.59. The summed E-state index contributed by atoms with van der Waals surface area (Å²) >= 11 is 0. The van der Waals surface area contributed by atoms with Crippen LogP contribution in [0.1, 0.15) is 0 Å². The Morgan fingerprint density at radius 1 is 1.12 bits per heavy atom. The van der Waals surface area contributed by atoms with Crippen LogP contribution in [-0.2, 0) is 19.3 Å². The second-order valence-electron chi connectivity index (χ2n) is 3.22. The molecule has 1 heterocycles. The van der Waals surface area contributed by atoms with Crippen molar-refractivity contribution in [2.75, 3.05) is 6.61 Å². The molecule has 5 N–H and O–H groups in total. The molecule has 0 bridgehead atoms. The van der Waals surface area contributed by atoms with Gasteiger partial charge >= 0.3 is 40.0 Å². The van der Waals surface area contributed by atoms with Crippen LogP contribution in [0.2, 0.25) is 0 Å². The first-order chi connectivity index (χ1) is 7.26. The van der Waals surface area contributed by atoms with E-state index in [4.69, 9.17) is 9.66 Å². The Morgan fingerprint density at radius 3 is 2.06 bits per heavy atom. The monoisotopic (exact) mass is 284 g/mol. The van der Waals surface area contributed by atoms with Gasteiger partial charge in [0.1, 0.15) is 24.4 Å². The average Bonchev–Trinajstić information content (AvgIpc) is 2.17. The fraction of sp³-hybridized carbons (Fsp3) is 1.00. The summed E-state index contributed by atoms with van der Waals surface area (Å²) in [7, 11) is -4.89. The molecule has 0 aliphatic carbocycles. The summed E-state index contributed by atoms with van der Waals surface area (Å²) in [5.74, 6) is 0. The van der Waals surface area contributed by atoms with Gasteiger partial charge in [0.05, 0.1) is 6.61 Å². The number of hydrogen-bond acceptors (Lipinski definition) is 8. The van der Waals surface area contributed by atoms with E-state index in [0.29, 0.717) is 0 Å². The van der Waals surface area contributed by atoms with Gasteiger partial charge in [-0.1, -0.05) is 0 Å². The molecule has 1 aliphatic rings. The van der Waals surface area contributed by atoms with Crippen LogP contribution in [0.5, 0.6) is 0 Å². The molecule has 9 nitrogen and oxygen atoms in total. The Labute approximate surface area is 119 Å². The molecule has 1 fully saturated rings. The maximum absolute atomic E-state index is 10.4. The normalized spacial score (nSPS) is 38.5. The van der Waals surface area contributed by atoms with Gasteiger partial charge in [-0.05, 0) is 0 Å². The third-order valence-corrected chi connectivity index (χ3v) is 2.50. The molecule has 1 rings (SSSR count). The Hall–Kier alpha value is 0.670. The summed E-state index contributed by atoms with van der Waals surface area (Å²) in [6.45, 7) is -0.726. The van der Waals surface area contributed by atoms with E-state index in [0.717, 1.165) is 0 Å². The van der Waals surface area contributed by atoms with Crippen molar-refractivity contribution in [3.8, 4) is 0 Å². The van der Waals surface area contributed by atoms with Crippen molar-refractivity contribution in [1.82, 2.24) is 0 Å². The summed E-state index contributed by atoms with van der Waals surface area (Å²) in [5, 5.41) is 36.5. The molecule has 17 heavy (non-hydrogen) atoms. The maximum atomic E-state index is 10.4. The zero-order chi connectivity index (χ0) is 12.5. The van der Waals surface area contributed by atoms with Crippen molar-refractivity contribution in [1.29, 1.82) is 0 Å². The standard InChI is InChI=1S/C6H12O9S.Na.H/c7-1-2-3(8)4(9)5(10)6(14-2)15-16(11,12)13;;/h2-10H,1H2,(H,11,12,13);;/t2-,3-,4+,5-,6+;;/m1../s1. The number of aliphatic hydroxyl groups excluding tert-OH is 4. The fourth-order valence-electron chi connectivity index (χ4n) is 1.27. The summed E-state index contributed by atoms with van der Waals surface area (Å²) in [6.07, 6.45) is -8.46. The van der Waals surface area contributed by atoms with Crippen LogP contribution >= 0.6 is 0 Å². The van der Waals surface area contributed by atoms with Crippen LogP contribution in [-0.4, -0.2) is 100 Å². The molecule has 0 unspecified atom stereocenters. The topological polar surface area (TPSA) is 154 Å². The molecule has 0 amide bonds. The average molecular weight is 284 g/mol. The molecule has 11 heteroatoms. The van der Waals surface area contributed by atoms with E-state index in [2.05, 4.69) is 8.92 Å². The molecule has 5 atom stereocenters. The molecule has 0 aromatic carbocycles. The van der Waals surface area contributed by atoms with E-state index in [1.165, 1.54) is 0 Å². The third-order valence-electron chi connectivity index (χ3n) is 2.06. The third kappa shape index (κ3) is 4.69. The van der Waals surface area contributed by atoms with Crippen molar-refractivity contribution in [2.45, 2.75) is 30.7 Å². The zero-order valence-corrected chi connectivity index (χ0v) is 8.69. The second-order valence-corrected chi connectivity index (χ2v) is 4.27. The summed E-state index contributed by atoms with van der Waals surface area (Å²) in [6, 6.07) is 0. The minimum atomic E-state index is -4.89. The van der Waals surface area contributed by atoms with Gasteiger partial charge in [-0.3, -0.25) is 4.55 Å². The van der Waals surface area contributed by atoms with Gasteiger partial charge in [-0.15, -0.1) is 0 Å². The van der Waals surface area contributed by atoms with Gasteiger partial charge in [-0.25, -0.2) is 4.18 Å². The molecule has 0 saturated carbocycles. The predicted molar refractivity (Wildman–Crippen MR) is 53.5 cm³/mol. The first kappa shape index (κ1) is 17.7. The SMILES string of the molecule is O=S(=O)(O)O[C@@H]1O[C@H](CO)[C@@H](O)[C@H](O)[C@H]1O.[NaH]. The second kappa shape index (κ2) is 6.73. The predicted octanol–water partition coefficient (Wildman–Crippen LogP) is -4.04. The van der Waals surface area contributed by atoms with E-state index in [9.17, 15) is 23.7 Å². The fourth-order valence-corrected chi connectivity index (χ4v) is 1.67. The molecule has 98 valence electrons. The Morgan fingerprint density at radius 2 is 1.65 bits per heavy atom. The van der Waals surface area contributed by atoms with Crippen molar-refractivity contribution < 1.29 is 42.3 Å². The van der Waals surface area contributed by atoms with Gasteiger partial charge in [-0.2, -0.15) is 8.42 Å². The molecule has 0 radical (unpaired) electrons. The number of ether oxygens (including phenoxy) is 1. The zero-order valence-electron chi connectivity index (χ0n) is 7.87. The van der Waals surface area contributed by atoms with E-state index < -0.39 is 47.7 Å². The Kier molecular flexibility index (Phi) is 6.99. The van der Waals surface area contributed by atoms with Crippen molar-refractivity contribution in [3.05, 3.63) is 0 Å². The van der Waals surface area contributed by atoms with Crippen molar-refractivity contribution in [2.24, 2.45) is 0 Å². The molecule has 1 aliphatic heterocycles. The Bertz CT molecular complexity index is 330. The van der Waals surface area contributed by atoms with Gasteiger partial charge in [0, 0.05) is 0 Å². The first-order valence-electron chi connectivity index (χ1n) is 4.22. The van der Waals surface area contributed by atoms with Crippen LogP contribution < -0.4 is 0 Å². The van der Waals surface area contributed by atoms with Gasteiger partial charge in [0.25, 0.3) is 0 Å². The number of aliphatic hydroxyl groups is 4. The quantitative estimate of drug-likeness (QED) is 0.257. The van der Waals surface area contributed by atoms with Gasteiger partial charge in [0.2, 0.25) is 6.29 Å². The van der Waals surface area contributed by atoms with E-state index in [1.54, 1.807) is 0 Å². The molecule has 0 aromatic heterocycles. The van der Waals surface area contributed by atoms with Crippen molar-refractivity contribution >= 4 is 40.0 Å². The van der Waals surface area contributed by atoms with Crippen LogP contribution in [0.3, 0.4) is 0 Å². The van der Waals surface area contributed by atoms with E-state index in [1.807, 2.05) is 0 Å². The molecule has 1 saturated heterocycles. The minimum absolute atomic E-state index is 0. The Balaban J connectivity index is 0.00000256. The van der Waals surface area contributed by atoms with E-state index >= 15 is 0 Å². The summed E-state index contributed by atoms with van der Waals surface area (Å²) in [4.78, 5) is 0. The summed E-state index contributed by atoms with van der Waals surface area (Å²) < 4.78 is 37.6. The van der Waals surface area contributed by atoms with E-state index in [-0.39, 0.29) is 29.6 Å². The molecular weight excluding hydrogens is 271 g/mol. The summed E-state index contributed by atoms with van der Waals surface area (Å²) in [5.41, 5.74) is 0. The van der Waals surface area contributed by atoms with Crippen LogP contribution in [0.4, 0.5) is 0 Å². The molecule has 0 spiro atoms. The van der Waals surface area contributed by atoms with Crippen LogP contribution in [0, 0.1) is 0 Å². The van der Waals surface area contributed by atoms with Gasteiger partial charge in [0.15, 0.2) is 0 Å².